The molecule has 0 radical (unpaired) electrons. The number of nitrogens with zero attached hydrogens (tertiary/aromatic N) is 4. The molecule has 8 nitrogen and oxygen atoms in total. The van der Waals surface area contributed by atoms with Gasteiger partial charge in [0, 0.05) is 28.9 Å². The molecule has 0 saturated carbocycles. The molecule has 0 N–H and O–H groups in total. The summed E-state index contributed by atoms with van der Waals surface area (Å²) in [7, 11) is 0. The molecule has 194 valence electrons. The zero-order valence-electron chi connectivity index (χ0n) is 20.5. The van der Waals surface area contributed by atoms with Gasteiger partial charge in [0.15, 0.2) is 15.1 Å². The monoisotopic (exact) mass is 572 g/mol. The summed E-state index contributed by atoms with van der Waals surface area (Å²) in [6.45, 7) is 1.97. The van der Waals surface area contributed by atoms with Crippen molar-refractivity contribution in [2.75, 3.05) is 6.61 Å². The van der Waals surface area contributed by atoms with Crippen molar-refractivity contribution in [1.82, 2.24) is 14.5 Å². The normalized spacial score (nSPS) is 15.2. The molecule has 0 amide bonds. The summed E-state index contributed by atoms with van der Waals surface area (Å²) in [6, 6.07) is 18.0. The highest BCUT2D eigenvalue weighted by Crippen LogP contribution is 2.36. The van der Waals surface area contributed by atoms with Gasteiger partial charge in [-0.25, -0.2) is 19.8 Å². The molecule has 1 aliphatic heterocycles. The minimum absolute atomic E-state index is 0.207. The highest BCUT2D eigenvalue weighted by Gasteiger charge is 2.35. The van der Waals surface area contributed by atoms with Gasteiger partial charge in [-0.2, -0.15) is 0 Å². The van der Waals surface area contributed by atoms with Crippen molar-refractivity contribution in [2.24, 2.45) is 4.99 Å². The number of furan rings is 1. The lowest BCUT2D eigenvalue weighted by Gasteiger charge is -2.24. The van der Waals surface area contributed by atoms with Gasteiger partial charge in [-0.15, -0.1) is 11.3 Å². The van der Waals surface area contributed by atoms with Crippen molar-refractivity contribution in [3.8, 4) is 0 Å². The highest BCUT2D eigenvalue weighted by atomic mass is 32.2. The van der Waals surface area contributed by atoms with Gasteiger partial charge in [0.1, 0.15) is 11.8 Å². The molecular formula is C28H20N4O4S3. The van der Waals surface area contributed by atoms with Gasteiger partial charge in [-0.1, -0.05) is 47.7 Å². The number of thiophene rings is 1. The quantitative estimate of drug-likeness (QED) is 0.209. The van der Waals surface area contributed by atoms with Crippen LogP contribution in [-0.2, 0) is 9.53 Å². The molecule has 5 aromatic rings. The van der Waals surface area contributed by atoms with E-state index >= 15 is 0 Å². The first-order chi connectivity index (χ1) is 19.1. The van der Waals surface area contributed by atoms with Crippen LogP contribution in [0.3, 0.4) is 0 Å². The Kier molecular flexibility index (Phi) is 7.10. The summed E-state index contributed by atoms with van der Waals surface area (Å²) in [6.07, 6.45) is 5.03. The molecule has 0 unspecified atom stereocenters. The summed E-state index contributed by atoms with van der Waals surface area (Å²) < 4.78 is 13.4. The number of carbonyl (C=O) groups excluding carboxylic acids is 1. The van der Waals surface area contributed by atoms with E-state index in [1.807, 2.05) is 53.9 Å². The number of aromatic nitrogens is 3. The topological polar surface area (TPSA) is 99.6 Å². The molecular weight excluding hydrogens is 553 g/mol. The highest BCUT2D eigenvalue weighted by molar-refractivity contribution is 7.99. The number of esters is 1. The Labute approximate surface area is 234 Å². The van der Waals surface area contributed by atoms with Gasteiger partial charge in [0.2, 0.25) is 0 Å². The van der Waals surface area contributed by atoms with E-state index in [0.717, 1.165) is 10.4 Å². The molecule has 5 heterocycles. The van der Waals surface area contributed by atoms with Crippen LogP contribution in [0.15, 0.2) is 108 Å². The number of rotatable bonds is 7. The van der Waals surface area contributed by atoms with Crippen molar-refractivity contribution in [1.29, 1.82) is 0 Å². The first-order valence-corrected chi connectivity index (χ1v) is 14.5. The maximum atomic E-state index is 13.8. The molecule has 11 heteroatoms. The number of carbonyl (C=O) groups is 1. The Morgan fingerprint density at radius 3 is 2.67 bits per heavy atom. The van der Waals surface area contributed by atoms with Gasteiger partial charge < -0.3 is 9.15 Å². The van der Waals surface area contributed by atoms with E-state index in [2.05, 4.69) is 9.97 Å². The number of benzene rings is 1. The molecule has 0 fully saturated rings. The minimum atomic E-state index is -0.671. The second kappa shape index (κ2) is 11.0. The van der Waals surface area contributed by atoms with E-state index in [0.29, 0.717) is 36.6 Å². The Bertz CT molecular complexity index is 1840. The Morgan fingerprint density at radius 1 is 1.10 bits per heavy atom. The first kappa shape index (κ1) is 25.2. The first-order valence-electron chi connectivity index (χ1n) is 12.0. The van der Waals surface area contributed by atoms with Crippen LogP contribution in [0, 0.1) is 0 Å². The molecule has 39 heavy (non-hydrogen) atoms. The predicted octanol–water partition coefficient (Wildman–Crippen LogP) is 4.53. The third kappa shape index (κ3) is 5.03. The van der Waals surface area contributed by atoms with Crippen molar-refractivity contribution < 1.29 is 13.9 Å². The molecule has 0 spiro atoms. The number of hydrogen-bond donors (Lipinski definition) is 0. The van der Waals surface area contributed by atoms with E-state index in [1.54, 1.807) is 42.1 Å². The van der Waals surface area contributed by atoms with Crippen molar-refractivity contribution in [2.45, 2.75) is 23.2 Å². The number of hydrogen-bond acceptors (Lipinski definition) is 10. The molecule has 0 aliphatic carbocycles. The minimum Gasteiger partial charge on any atom is -0.463 e. The van der Waals surface area contributed by atoms with E-state index in [9.17, 15) is 9.59 Å². The summed E-state index contributed by atoms with van der Waals surface area (Å²) in [5, 5.41) is 3.09. The standard InChI is InChI=1S/C28H20N4O4S3/c1-2-35-26(34)22-23(17-8-4-3-5-9-17)31-28-32(24(22)19-10-6-15-37-19)25(33)20(38-28)16-18-11-12-21(36-18)39-27-29-13-7-14-30-27/h3-16,24H,2H2,1H3/b20-16+/t24-/m0/s1. The lowest BCUT2D eigenvalue weighted by atomic mass is 9.97. The van der Waals surface area contributed by atoms with E-state index < -0.39 is 12.0 Å². The zero-order valence-corrected chi connectivity index (χ0v) is 23.0. The molecule has 0 saturated heterocycles. The van der Waals surface area contributed by atoms with Crippen LogP contribution in [-0.4, -0.2) is 27.1 Å². The number of ether oxygens (including phenoxy) is 1. The fourth-order valence-electron chi connectivity index (χ4n) is 4.18. The van der Waals surface area contributed by atoms with E-state index in [1.165, 1.54) is 34.4 Å². The average molecular weight is 573 g/mol. The fraction of sp³-hybridized carbons (Fsp3) is 0.107. The molecule has 1 aliphatic rings. The van der Waals surface area contributed by atoms with Crippen LogP contribution in [0.4, 0.5) is 0 Å². The second-order valence-electron chi connectivity index (χ2n) is 8.24. The Hall–Kier alpha value is -4.06. The smallest absolute Gasteiger partial charge is 0.338 e. The maximum absolute atomic E-state index is 13.8. The van der Waals surface area contributed by atoms with Crippen LogP contribution in [0.5, 0.6) is 0 Å². The van der Waals surface area contributed by atoms with E-state index in [-0.39, 0.29) is 12.2 Å². The molecule has 1 aromatic carbocycles. The SMILES string of the molecule is CCOC(=O)C1=C(c2ccccc2)N=c2s/c(=C/c3ccc(Sc4ncccn4)o3)c(=O)n2[C@H]1c1cccs1. The summed E-state index contributed by atoms with van der Waals surface area (Å²) in [5.74, 6) is 0.0166. The average Bonchev–Trinajstić information content (AvgIpc) is 3.71. The third-order valence-electron chi connectivity index (χ3n) is 5.80. The van der Waals surface area contributed by atoms with Crippen molar-refractivity contribution in [3.63, 3.8) is 0 Å². The van der Waals surface area contributed by atoms with Gasteiger partial charge in [-0.3, -0.25) is 9.36 Å². The van der Waals surface area contributed by atoms with Crippen molar-refractivity contribution >= 4 is 52.2 Å². The van der Waals surface area contributed by atoms with Crippen LogP contribution in [0.25, 0.3) is 11.8 Å². The third-order valence-corrected chi connectivity index (χ3v) is 8.52. The lowest BCUT2D eigenvalue weighted by Crippen LogP contribution is -2.39. The van der Waals surface area contributed by atoms with Crippen LogP contribution < -0.4 is 14.9 Å². The van der Waals surface area contributed by atoms with Crippen molar-refractivity contribution in [3.05, 3.63) is 120 Å². The van der Waals surface area contributed by atoms with Gasteiger partial charge in [-0.05, 0) is 48.3 Å². The Balaban J connectivity index is 1.50. The fourth-order valence-corrected chi connectivity index (χ4v) is 6.67. The summed E-state index contributed by atoms with van der Waals surface area (Å²) in [4.78, 5) is 41.8. The molecule has 6 rings (SSSR count). The Morgan fingerprint density at radius 2 is 1.92 bits per heavy atom. The van der Waals surface area contributed by atoms with Gasteiger partial charge >= 0.3 is 5.97 Å². The second-order valence-corrected chi connectivity index (χ2v) is 11.2. The maximum Gasteiger partial charge on any atom is 0.338 e. The van der Waals surface area contributed by atoms with Gasteiger partial charge in [0.25, 0.3) is 5.56 Å². The van der Waals surface area contributed by atoms with Gasteiger partial charge in [0.05, 0.1) is 22.4 Å². The van der Waals surface area contributed by atoms with Crippen LogP contribution in [0.2, 0.25) is 0 Å². The van der Waals surface area contributed by atoms with E-state index in [4.69, 9.17) is 14.1 Å². The molecule has 4 aromatic heterocycles. The zero-order chi connectivity index (χ0) is 26.8. The molecule has 0 bridgehead atoms. The summed E-state index contributed by atoms with van der Waals surface area (Å²) in [5.41, 5.74) is 1.35. The molecule has 1 atom stereocenters. The lowest BCUT2D eigenvalue weighted by molar-refractivity contribution is -0.138. The van der Waals surface area contributed by atoms with Crippen LogP contribution in [0.1, 0.15) is 29.2 Å². The number of thiazole rings is 1. The largest absolute Gasteiger partial charge is 0.463 e. The van der Waals surface area contributed by atoms with Crippen LogP contribution >= 0.6 is 34.4 Å². The summed E-state index contributed by atoms with van der Waals surface area (Å²) >= 11 is 4.02. The predicted molar refractivity (Wildman–Crippen MR) is 150 cm³/mol. The number of fused-ring (bicyclic) bond motifs is 1.